The summed E-state index contributed by atoms with van der Waals surface area (Å²) in [7, 11) is 4.20. The lowest BCUT2D eigenvalue weighted by molar-refractivity contribution is 0.0832. The second kappa shape index (κ2) is 7.71. The molecular weight excluding hydrogens is 254 g/mol. The van der Waals surface area contributed by atoms with E-state index in [2.05, 4.69) is 34.0 Å². The minimum atomic E-state index is 0.527. The first-order chi connectivity index (χ1) is 9.72. The molecule has 2 rings (SSSR count). The summed E-state index contributed by atoms with van der Waals surface area (Å²) in [6, 6.07) is 0. The van der Waals surface area contributed by atoms with E-state index in [1.54, 1.807) is 0 Å². The van der Waals surface area contributed by atoms with Gasteiger partial charge in [0.1, 0.15) is 0 Å². The molecule has 2 N–H and O–H groups in total. The van der Waals surface area contributed by atoms with Crippen molar-refractivity contribution < 1.29 is 4.74 Å². The summed E-state index contributed by atoms with van der Waals surface area (Å²) in [6.07, 6.45) is 4.05. The molecule has 0 radical (unpaired) electrons. The maximum absolute atomic E-state index is 5.70. The van der Waals surface area contributed by atoms with Crippen LogP contribution in [0.25, 0.3) is 0 Å². The van der Waals surface area contributed by atoms with Crippen LogP contribution in [-0.2, 0) is 17.7 Å². The van der Waals surface area contributed by atoms with Crippen molar-refractivity contribution >= 4 is 0 Å². The zero-order valence-electron chi connectivity index (χ0n) is 12.7. The first-order valence-corrected chi connectivity index (χ1v) is 7.57. The van der Waals surface area contributed by atoms with Gasteiger partial charge in [-0.25, -0.2) is 4.68 Å². The Morgan fingerprint density at radius 1 is 1.35 bits per heavy atom. The first-order valence-electron chi connectivity index (χ1n) is 7.57. The number of nitrogens with zero attached hydrogens (tertiary/aromatic N) is 4. The predicted octanol–water partition coefficient (Wildman–Crippen LogP) is 0.625. The Hall–Kier alpha value is -0.980. The molecule has 2 heterocycles. The van der Waals surface area contributed by atoms with Gasteiger partial charge in [0.25, 0.3) is 0 Å². The highest BCUT2D eigenvalue weighted by Gasteiger charge is 2.24. The van der Waals surface area contributed by atoms with Crippen LogP contribution in [0.15, 0.2) is 0 Å². The number of hydrogen-bond acceptors (Lipinski definition) is 5. The van der Waals surface area contributed by atoms with Crippen molar-refractivity contribution in [3.8, 4) is 0 Å². The van der Waals surface area contributed by atoms with Crippen molar-refractivity contribution in [2.75, 3.05) is 40.4 Å². The third-order valence-electron chi connectivity index (χ3n) is 3.81. The van der Waals surface area contributed by atoms with E-state index in [4.69, 9.17) is 10.5 Å². The fourth-order valence-electron chi connectivity index (χ4n) is 2.79. The van der Waals surface area contributed by atoms with Gasteiger partial charge < -0.3 is 15.4 Å². The molecular formula is C14H27N5O. The van der Waals surface area contributed by atoms with Crippen LogP contribution < -0.4 is 5.73 Å². The maximum atomic E-state index is 5.70. The third-order valence-corrected chi connectivity index (χ3v) is 3.81. The smallest absolute Gasteiger partial charge is 0.0874 e. The van der Waals surface area contributed by atoms with Crippen LogP contribution in [-0.4, -0.2) is 60.3 Å². The van der Waals surface area contributed by atoms with Crippen LogP contribution in [0.3, 0.4) is 0 Å². The average Bonchev–Trinajstić information content (AvgIpc) is 2.83. The molecule has 0 unspecified atom stereocenters. The van der Waals surface area contributed by atoms with Crippen LogP contribution >= 0.6 is 0 Å². The summed E-state index contributed by atoms with van der Waals surface area (Å²) in [6.45, 7) is 4.32. The summed E-state index contributed by atoms with van der Waals surface area (Å²) in [5.41, 5.74) is 8.09. The Balaban J connectivity index is 2.09. The zero-order chi connectivity index (χ0) is 14.4. The highest BCUT2D eigenvalue weighted by molar-refractivity contribution is 5.17. The van der Waals surface area contributed by atoms with Gasteiger partial charge >= 0.3 is 0 Å². The Morgan fingerprint density at radius 2 is 2.10 bits per heavy atom. The molecule has 1 aliphatic rings. The molecule has 1 saturated heterocycles. The quantitative estimate of drug-likeness (QED) is 0.793. The van der Waals surface area contributed by atoms with Gasteiger partial charge in [-0.1, -0.05) is 5.21 Å². The van der Waals surface area contributed by atoms with Crippen LogP contribution in [0.5, 0.6) is 0 Å². The molecule has 1 aromatic heterocycles. The molecule has 1 aromatic rings. The summed E-state index contributed by atoms with van der Waals surface area (Å²) in [4.78, 5) is 2.20. The predicted molar refractivity (Wildman–Crippen MR) is 78.7 cm³/mol. The Kier molecular flexibility index (Phi) is 5.94. The van der Waals surface area contributed by atoms with Gasteiger partial charge in [0.2, 0.25) is 0 Å². The zero-order valence-corrected chi connectivity index (χ0v) is 12.7. The van der Waals surface area contributed by atoms with Gasteiger partial charge in [-0.05, 0) is 46.4 Å². The van der Waals surface area contributed by atoms with Crippen LogP contribution in [0, 0.1) is 0 Å². The minimum absolute atomic E-state index is 0.527. The molecule has 0 saturated carbocycles. The fraction of sp³-hybridized carbons (Fsp3) is 0.857. The number of ether oxygens (including phenoxy) is 1. The Bertz CT molecular complexity index is 398. The summed E-state index contributed by atoms with van der Waals surface area (Å²) in [5, 5.41) is 8.72. The number of aryl methyl sites for hydroxylation is 1. The van der Waals surface area contributed by atoms with Crippen LogP contribution in [0.4, 0.5) is 0 Å². The summed E-state index contributed by atoms with van der Waals surface area (Å²) < 4.78 is 7.57. The van der Waals surface area contributed by atoms with E-state index in [0.29, 0.717) is 12.5 Å². The number of aromatic nitrogens is 3. The monoisotopic (exact) mass is 281 g/mol. The average molecular weight is 281 g/mol. The van der Waals surface area contributed by atoms with E-state index in [0.717, 1.165) is 57.7 Å². The lowest BCUT2D eigenvalue weighted by Crippen LogP contribution is -2.21. The maximum Gasteiger partial charge on any atom is 0.0874 e. The highest BCUT2D eigenvalue weighted by atomic mass is 16.5. The Morgan fingerprint density at radius 3 is 2.75 bits per heavy atom. The normalized spacial score (nSPS) is 17.0. The van der Waals surface area contributed by atoms with Crippen LogP contribution in [0.1, 0.15) is 36.6 Å². The van der Waals surface area contributed by atoms with Gasteiger partial charge in [0.15, 0.2) is 0 Å². The molecule has 20 heavy (non-hydrogen) atoms. The van der Waals surface area contributed by atoms with E-state index in [-0.39, 0.29) is 0 Å². The molecule has 0 bridgehead atoms. The Labute approximate surface area is 121 Å². The lowest BCUT2D eigenvalue weighted by Gasteiger charge is -2.23. The molecule has 1 fully saturated rings. The SMILES string of the molecule is CN(C)CCCn1nnc(CCN)c1C1CCOCC1. The van der Waals surface area contributed by atoms with E-state index in [9.17, 15) is 0 Å². The summed E-state index contributed by atoms with van der Waals surface area (Å²) >= 11 is 0. The molecule has 0 aliphatic carbocycles. The number of rotatable bonds is 7. The molecule has 114 valence electrons. The van der Waals surface area contributed by atoms with Gasteiger partial charge in [-0.2, -0.15) is 0 Å². The van der Waals surface area contributed by atoms with E-state index in [1.807, 2.05) is 0 Å². The van der Waals surface area contributed by atoms with Crippen LogP contribution in [0.2, 0.25) is 0 Å². The molecule has 6 nitrogen and oxygen atoms in total. The highest BCUT2D eigenvalue weighted by Crippen LogP contribution is 2.28. The van der Waals surface area contributed by atoms with Crippen molar-refractivity contribution in [1.82, 2.24) is 19.9 Å². The third kappa shape index (κ3) is 4.01. The topological polar surface area (TPSA) is 69.2 Å². The number of nitrogens with two attached hydrogens (primary N) is 1. The van der Waals surface area contributed by atoms with Crippen molar-refractivity contribution in [1.29, 1.82) is 0 Å². The standard InChI is InChI=1S/C14H27N5O/c1-18(2)8-3-9-19-14(12-5-10-20-11-6-12)13(4-7-15)16-17-19/h12H,3-11,15H2,1-2H3. The molecule has 0 atom stereocenters. The van der Waals surface area contributed by atoms with Crippen molar-refractivity contribution in [2.24, 2.45) is 5.73 Å². The van der Waals surface area contributed by atoms with Crippen molar-refractivity contribution in [3.05, 3.63) is 11.4 Å². The van der Waals surface area contributed by atoms with Gasteiger partial charge in [0, 0.05) is 32.1 Å². The summed E-state index contributed by atoms with van der Waals surface area (Å²) in [5.74, 6) is 0.527. The van der Waals surface area contributed by atoms with Gasteiger partial charge in [-0.15, -0.1) is 5.10 Å². The first kappa shape index (κ1) is 15.4. The van der Waals surface area contributed by atoms with Crippen molar-refractivity contribution in [3.63, 3.8) is 0 Å². The largest absolute Gasteiger partial charge is 0.381 e. The molecule has 6 heteroatoms. The fourth-order valence-corrected chi connectivity index (χ4v) is 2.79. The second-order valence-electron chi connectivity index (χ2n) is 5.73. The molecule has 1 aliphatic heterocycles. The van der Waals surface area contributed by atoms with Gasteiger partial charge in [-0.3, -0.25) is 0 Å². The van der Waals surface area contributed by atoms with E-state index in [1.165, 1.54) is 5.69 Å². The lowest BCUT2D eigenvalue weighted by atomic mass is 9.94. The van der Waals surface area contributed by atoms with E-state index >= 15 is 0 Å². The number of hydrogen-bond donors (Lipinski definition) is 1. The molecule has 0 aromatic carbocycles. The van der Waals surface area contributed by atoms with E-state index < -0.39 is 0 Å². The molecule has 0 spiro atoms. The minimum Gasteiger partial charge on any atom is -0.381 e. The second-order valence-corrected chi connectivity index (χ2v) is 5.73. The van der Waals surface area contributed by atoms with Gasteiger partial charge in [0.05, 0.1) is 11.4 Å². The van der Waals surface area contributed by atoms with Crippen molar-refractivity contribution in [2.45, 2.75) is 38.1 Å². The molecule has 0 amide bonds.